The maximum absolute atomic E-state index is 12.0. The topological polar surface area (TPSA) is 49.8 Å². The highest BCUT2D eigenvalue weighted by Gasteiger charge is 2.31. The summed E-state index contributed by atoms with van der Waals surface area (Å²) >= 11 is 0. The van der Waals surface area contributed by atoms with Crippen LogP contribution in [0.1, 0.15) is 81.7 Å². The lowest BCUT2D eigenvalue weighted by Crippen LogP contribution is -2.32. The molecule has 4 nitrogen and oxygen atoms in total. The summed E-state index contributed by atoms with van der Waals surface area (Å²) in [5.74, 6) is 0.984. The van der Waals surface area contributed by atoms with Gasteiger partial charge in [-0.15, -0.1) is 0 Å². The predicted molar refractivity (Wildman–Crippen MR) is 142 cm³/mol. The van der Waals surface area contributed by atoms with Crippen molar-refractivity contribution in [3.8, 4) is 5.75 Å². The van der Waals surface area contributed by atoms with Crippen molar-refractivity contribution < 1.29 is 14.6 Å². The van der Waals surface area contributed by atoms with E-state index in [1.165, 1.54) is 22.3 Å². The number of benzene rings is 2. The van der Waals surface area contributed by atoms with Gasteiger partial charge < -0.3 is 14.7 Å². The molecule has 0 aliphatic rings. The Kier molecular flexibility index (Phi) is 9.36. The molecule has 0 bridgehead atoms. The van der Waals surface area contributed by atoms with E-state index in [0.29, 0.717) is 6.42 Å². The van der Waals surface area contributed by atoms with Gasteiger partial charge in [0.25, 0.3) is 0 Å². The average Bonchev–Trinajstić information content (AvgIpc) is 2.78. The van der Waals surface area contributed by atoms with Crippen LogP contribution in [0.4, 0.5) is 0 Å². The van der Waals surface area contributed by atoms with E-state index in [1.54, 1.807) is 19.0 Å². The summed E-state index contributed by atoms with van der Waals surface area (Å²) in [5, 5.41) is 10.3. The maximum Gasteiger partial charge on any atom is 0.222 e. The molecular weight excluding hydrogens is 422 g/mol. The van der Waals surface area contributed by atoms with Crippen LogP contribution >= 0.6 is 0 Å². The van der Waals surface area contributed by atoms with Crippen molar-refractivity contribution in [3.05, 3.63) is 64.2 Å². The SMILES string of the molecule is CCC(CC)(c1ccc(CCC(=O)N(C)C)c(C)c1)c1ccc(OCC(O)C(C)(C)C)c(C)c1. The molecule has 2 rings (SSSR count). The summed E-state index contributed by atoms with van der Waals surface area (Å²) in [6.45, 7) is 15.1. The summed E-state index contributed by atoms with van der Waals surface area (Å²) in [7, 11) is 3.61. The highest BCUT2D eigenvalue weighted by Crippen LogP contribution is 2.41. The van der Waals surface area contributed by atoms with Crippen LogP contribution in [0.15, 0.2) is 36.4 Å². The number of hydrogen-bond acceptors (Lipinski definition) is 3. The largest absolute Gasteiger partial charge is 0.491 e. The fraction of sp³-hybridized carbons (Fsp3) is 0.567. The van der Waals surface area contributed by atoms with Gasteiger partial charge in [0.1, 0.15) is 12.4 Å². The minimum atomic E-state index is -0.522. The van der Waals surface area contributed by atoms with Gasteiger partial charge in [0.15, 0.2) is 0 Å². The first-order valence-electron chi connectivity index (χ1n) is 12.6. The molecule has 2 aromatic rings. The van der Waals surface area contributed by atoms with E-state index in [0.717, 1.165) is 30.6 Å². The average molecular weight is 468 g/mol. The van der Waals surface area contributed by atoms with Crippen LogP contribution in [0.3, 0.4) is 0 Å². The molecule has 1 atom stereocenters. The number of aryl methyl sites for hydroxylation is 3. The molecule has 34 heavy (non-hydrogen) atoms. The Morgan fingerprint density at radius 2 is 1.53 bits per heavy atom. The molecule has 0 saturated carbocycles. The van der Waals surface area contributed by atoms with E-state index < -0.39 is 6.10 Å². The second kappa shape index (κ2) is 11.4. The standard InChI is InChI=1S/C30H45NO3/c1-10-30(11-2,24-14-12-23(21(3)18-24)13-17-28(33)31(8)9)25-15-16-26(22(4)19-25)34-20-27(32)29(5,6)7/h12,14-16,18-19,27,32H,10-11,13,17,20H2,1-9H3. The highest BCUT2D eigenvalue weighted by molar-refractivity contribution is 5.75. The quantitative estimate of drug-likeness (QED) is 0.451. The van der Waals surface area contributed by atoms with Gasteiger partial charge in [-0.05, 0) is 72.4 Å². The Hall–Kier alpha value is -2.33. The Balaban J connectivity index is 2.31. The number of aliphatic hydroxyl groups excluding tert-OH is 1. The number of amides is 1. The molecule has 1 amide bonds. The van der Waals surface area contributed by atoms with Crippen LogP contribution in [0.25, 0.3) is 0 Å². The fourth-order valence-electron chi connectivity index (χ4n) is 4.50. The van der Waals surface area contributed by atoms with Crippen LogP contribution in [0.5, 0.6) is 5.75 Å². The number of carbonyl (C=O) groups is 1. The second-order valence-corrected chi connectivity index (χ2v) is 10.9. The van der Waals surface area contributed by atoms with Gasteiger partial charge in [0.2, 0.25) is 5.91 Å². The number of carbonyl (C=O) groups excluding carboxylic acids is 1. The smallest absolute Gasteiger partial charge is 0.222 e. The second-order valence-electron chi connectivity index (χ2n) is 10.9. The molecule has 2 aromatic carbocycles. The van der Waals surface area contributed by atoms with Crippen LogP contribution in [0.2, 0.25) is 0 Å². The van der Waals surface area contributed by atoms with Gasteiger partial charge in [-0.2, -0.15) is 0 Å². The van der Waals surface area contributed by atoms with Crippen molar-refractivity contribution >= 4 is 5.91 Å². The first-order chi connectivity index (χ1) is 15.9. The molecule has 0 spiro atoms. The normalized spacial score (nSPS) is 13.0. The molecule has 0 aliphatic heterocycles. The number of rotatable bonds is 10. The molecule has 188 valence electrons. The molecule has 0 heterocycles. The van der Waals surface area contributed by atoms with E-state index in [-0.39, 0.29) is 23.3 Å². The first kappa shape index (κ1) is 27.9. The van der Waals surface area contributed by atoms with Crippen molar-refractivity contribution in [2.45, 2.75) is 85.7 Å². The highest BCUT2D eigenvalue weighted by atomic mass is 16.5. The summed E-state index contributed by atoms with van der Waals surface area (Å²) in [4.78, 5) is 13.7. The van der Waals surface area contributed by atoms with E-state index in [9.17, 15) is 9.90 Å². The van der Waals surface area contributed by atoms with Gasteiger partial charge in [-0.25, -0.2) is 0 Å². The number of hydrogen-bond donors (Lipinski definition) is 1. The molecular formula is C30H45NO3. The van der Waals surface area contributed by atoms with Gasteiger partial charge in [-0.1, -0.05) is 65.0 Å². The summed E-state index contributed by atoms with van der Waals surface area (Å²) in [6, 6.07) is 13.2. The summed E-state index contributed by atoms with van der Waals surface area (Å²) < 4.78 is 5.98. The molecule has 0 saturated heterocycles. The lowest BCUT2D eigenvalue weighted by molar-refractivity contribution is -0.128. The summed E-state index contributed by atoms with van der Waals surface area (Å²) in [6.07, 6.45) is 2.75. The number of ether oxygens (including phenoxy) is 1. The maximum atomic E-state index is 12.0. The van der Waals surface area contributed by atoms with Crippen LogP contribution in [0, 0.1) is 19.3 Å². The lowest BCUT2D eigenvalue weighted by atomic mass is 9.69. The molecule has 0 fully saturated rings. The number of aliphatic hydroxyl groups is 1. The minimum absolute atomic E-state index is 0.0863. The van der Waals surface area contributed by atoms with Gasteiger partial charge in [-0.3, -0.25) is 4.79 Å². The Bertz CT molecular complexity index is 968. The molecule has 4 heteroatoms. The predicted octanol–water partition coefficient (Wildman–Crippen LogP) is 6.22. The lowest BCUT2D eigenvalue weighted by Gasteiger charge is -2.34. The zero-order valence-corrected chi connectivity index (χ0v) is 22.8. The van der Waals surface area contributed by atoms with Crippen molar-refractivity contribution in [2.75, 3.05) is 20.7 Å². The third kappa shape index (κ3) is 6.41. The van der Waals surface area contributed by atoms with E-state index in [4.69, 9.17) is 4.74 Å². The molecule has 0 radical (unpaired) electrons. The Morgan fingerprint density at radius 1 is 0.971 bits per heavy atom. The third-order valence-electron chi connectivity index (χ3n) is 7.33. The molecule has 1 unspecified atom stereocenters. The zero-order chi connectivity index (χ0) is 25.7. The first-order valence-corrected chi connectivity index (χ1v) is 12.6. The van der Waals surface area contributed by atoms with E-state index in [2.05, 4.69) is 58.0 Å². The Labute approximate surface area is 207 Å². The minimum Gasteiger partial charge on any atom is -0.491 e. The monoisotopic (exact) mass is 467 g/mol. The van der Waals surface area contributed by atoms with Gasteiger partial charge >= 0.3 is 0 Å². The molecule has 0 aliphatic carbocycles. The molecule has 1 N–H and O–H groups in total. The Morgan fingerprint density at radius 3 is 2.00 bits per heavy atom. The van der Waals surface area contributed by atoms with Crippen molar-refractivity contribution in [3.63, 3.8) is 0 Å². The van der Waals surface area contributed by atoms with Crippen LogP contribution in [-0.2, 0) is 16.6 Å². The molecule has 0 aromatic heterocycles. The van der Waals surface area contributed by atoms with Crippen LogP contribution in [-0.4, -0.2) is 42.7 Å². The fourth-order valence-corrected chi connectivity index (χ4v) is 4.50. The van der Waals surface area contributed by atoms with Crippen LogP contribution < -0.4 is 4.74 Å². The van der Waals surface area contributed by atoms with Crippen molar-refractivity contribution in [1.82, 2.24) is 4.90 Å². The zero-order valence-electron chi connectivity index (χ0n) is 22.8. The van der Waals surface area contributed by atoms with E-state index >= 15 is 0 Å². The van der Waals surface area contributed by atoms with Gasteiger partial charge in [0.05, 0.1) is 6.10 Å². The van der Waals surface area contributed by atoms with E-state index in [1.807, 2.05) is 26.8 Å². The number of nitrogens with zero attached hydrogens (tertiary/aromatic N) is 1. The van der Waals surface area contributed by atoms with Gasteiger partial charge in [0, 0.05) is 25.9 Å². The summed E-state index contributed by atoms with van der Waals surface area (Å²) in [5.41, 5.74) is 5.86. The van der Waals surface area contributed by atoms with Crippen molar-refractivity contribution in [2.24, 2.45) is 5.41 Å². The van der Waals surface area contributed by atoms with Crippen molar-refractivity contribution in [1.29, 1.82) is 0 Å². The third-order valence-corrected chi connectivity index (χ3v) is 7.33.